The Balaban J connectivity index is 1.69. The van der Waals surface area contributed by atoms with Gasteiger partial charge in [-0.05, 0) is 29.7 Å². The topological polar surface area (TPSA) is 70.2 Å². The number of carbonyl (C=O) groups is 1. The van der Waals surface area contributed by atoms with Gasteiger partial charge in [0.1, 0.15) is 17.1 Å². The molecule has 29 heavy (non-hydrogen) atoms. The highest BCUT2D eigenvalue weighted by Gasteiger charge is 2.22. The van der Waals surface area contributed by atoms with Crippen LogP contribution >= 0.6 is 0 Å². The first kappa shape index (κ1) is 19.5. The molecule has 0 bridgehead atoms. The molecule has 152 valence electrons. The van der Waals surface area contributed by atoms with Gasteiger partial charge in [0, 0.05) is 55.9 Å². The lowest BCUT2D eigenvalue weighted by atomic mass is 9.87. The van der Waals surface area contributed by atoms with Gasteiger partial charge < -0.3 is 19.9 Å². The number of pyridine rings is 1. The minimum Gasteiger partial charge on any atom is -0.455 e. The Morgan fingerprint density at radius 1 is 1.17 bits per heavy atom. The average Bonchev–Trinajstić information content (AvgIpc) is 3.15. The molecule has 1 saturated heterocycles. The number of H-pyrrole nitrogens is 1. The fraction of sp³-hybridized carbons (Fsp3) is 0.391. The molecule has 0 aliphatic carbocycles. The van der Waals surface area contributed by atoms with Crippen molar-refractivity contribution in [2.75, 3.05) is 31.1 Å². The average molecular weight is 393 g/mol. The maximum atomic E-state index is 13.0. The molecule has 1 aromatic carbocycles. The molecule has 2 aromatic heterocycles. The normalized spacial score (nSPS) is 14.9. The number of aromatic amines is 1. The number of ketones is 1. The molecule has 1 aliphatic rings. The second kappa shape index (κ2) is 7.87. The number of fused-ring (bicyclic) bond motifs is 1. The van der Waals surface area contributed by atoms with Crippen molar-refractivity contribution in [2.24, 2.45) is 5.41 Å². The summed E-state index contributed by atoms with van der Waals surface area (Å²) in [5.41, 5.74) is 2.42. The molecule has 0 radical (unpaired) electrons. The van der Waals surface area contributed by atoms with E-state index in [1.165, 1.54) is 0 Å². The van der Waals surface area contributed by atoms with E-state index in [1.807, 2.05) is 36.5 Å². The zero-order valence-corrected chi connectivity index (χ0v) is 17.3. The minimum atomic E-state index is -0.0862. The monoisotopic (exact) mass is 392 g/mol. The van der Waals surface area contributed by atoms with Crippen LogP contribution in [0, 0.1) is 5.41 Å². The Hall–Kier alpha value is -2.86. The van der Waals surface area contributed by atoms with Gasteiger partial charge in [-0.3, -0.25) is 4.79 Å². The third kappa shape index (κ3) is 4.59. The van der Waals surface area contributed by atoms with Crippen molar-refractivity contribution in [2.45, 2.75) is 27.2 Å². The van der Waals surface area contributed by atoms with E-state index in [9.17, 15) is 4.79 Å². The Morgan fingerprint density at radius 3 is 2.72 bits per heavy atom. The van der Waals surface area contributed by atoms with Crippen molar-refractivity contribution in [1.82, 2.24) is 15.3 Å². The summed E-state index contributed by atoms with van der Waals surface area (Å²) in [7, 11) is 0. The fourth-order valence-electron chi connectivity index (χ4n) is 3.62. The standard InChI is InChI=1S/C23H28N4O2/c1-23(2,3)14-20(28)19-5-4-17(27-10-8-24-9-11-27)13-21(19)29-18-12-16-6-7-25-22(16)26-15-18/h4-7,12-13,15,24H,8-11,14H2,1-3H3,(H,25,26). The van der Waals surface area contributed by atoms with Crippen molar-refractivity contribution < 1.29 is 9.53 Å². The molecule has 6 heteroatoms. The number of hydrogen-bond donors (Lipinski definition) is 2. The highest BCUT2D eigenvalue weighted by molar-refractivity contribution is 5.99. The van der Waals surface area contributed by atoms with E-state index in [4.69, 9.17) is 4.74 Å². The molecule has 0 saturated carbocycles. The molecule has 0 atom stereocenters. The van der Waals surface area contributed by atoms with E-state index in [-0.39, 0.29) is 11.2 Å². The zero-order valence-electron chi connectivity index (χ0n) is 17.3. The minimum absolute atomic E-state index is 0.0862. The van der Waals surface area contributed by atoms with Gasteiger partial charge in [-0.1, -0.05) is 20.8 Å². The third-order valence-electron chi connectivity index (χ3n) is 5.04. The Kier molecular flexibility index (Phi) is 5.28. The molecule has 1 fully saturated rings. The van der Waals surface area contributed by atoms with E-state index >= 15 is 0 Å². The van der Waals surface area contributed by atoms with Gasteiger partial charge in [-0.25, -0.2) is 4.98 Å². The van der Waals surface area contributed by atoms with Crippen LogP contribution in [0.5, 0.6) is 11.5 Å². The first-order valence-corrected chi connectivity index (χ1v) is 10.1. The number of aromatic nitrogens is 2. The third-order valence-corrected chi connectivity index (χ3v) is 5.04. The van der Waals surface area contributed by atoms with Crippen LogP contribution in [0.2, 0.25) is 0 Å². The second-order valence-corrected chi connectivity index (χ2v) is 8.77. The van der Waals surface area contributed by atoms with Crippen LogP contribution in [0.1, 0.15) is 37.6 Å². The van der Waals surface area contributed by atoms with Crippen molar-refractivity contribution in [1.29, 1.82) is 0 Å². The number of Topliss-reactive ketones (excluding diaryl/α,β-unsaturated/α-hetero) is 1. The number of anilines is 1. The summed E-state index contributed by atoms with van der Waals surface area (Å²) in [5.74, 6) is 1.31. The number of rotatable bonds is 5. The van der Waals surface area contributed by atoms with Crippen LogP contribution in [0.25, 0.3) is 11.0 Å². The number of piperazine rings is 1. The van der Waals surface area contributed by atoms with Crippen LogP contribution in [-0.4, -0.2) is 41.9 Å². The predicted molar refractivity (Wildman–Crippen MR) is 116 cm³/mol. The van der Waals surface area contributed by atoms with Gasteiger partial charge in [-0.15, -0.1) is 0 Å². The molecule has 0 spiro atoms. The van der Waals surface area contributed by atoms with Gasteiger partial charge in [0.05, 0.1) is 11.8 Å². The first-order chi connectivity index (χ1) is 13.9. The molecule has 3 aromatic rings. The second-order valence-electron chi connectivity index (χ2n) is 8.77. The van der Waals surface area contributed by atoms with Gasteiger partial charge in [0.25, 0.3) is 0 Å². The molecule has 0 unspecified atom stereocenters. The fourth-order valence-corrected chi connectivity index (χ4v) is 3.62. The molecule has 0 amide bonds. The Morgan fingerprint density at radius 2 is 1.97 bits per heavy atom. The molecule has 2 N–H and O–H groups in total. The van der Waals surface area contributed by atoms with E-state index in [2.05, 4.69) is 41.0 Å². The summed E-state index contributed by atoms with van der Waals surface area (Å²) in [6.07, 6.45) is 4.00. The summed E-state index contributed by atoms with van der Waals surface area (Å²) in [4.78, 5) is 22.8. The van der Waals surface area contributed by atoms with Gasteiger partial charge in [0.15, 0.2) is 5.78 Å². The maximum Gasteiger partial charge on any atom is 0.167 e. The lowest BCUT2D eigenvalue weighted by molar-refractivity contribution is 0.0937. The lowest BCUT2D eigenvalue weighted by Gasteiger charge is -2.30. The summed E-state index contributed by atoms with van der Waals surface area (Å²) < 4.78 is 6.21. The maximum absolute atomic E-state index is 13.0. The summed E-state index contributed by atoms with van der Waals surface area (Å²) in [5, 5.41) is 4.35. The lowest BCUT2D eigenvalue weighted by Crippen LogP contribution is -2.43. The van der Waals surface area contributed by atoms with Gasteiger partial charge >= 0.3 is 0 Å². The van der Waals surface area contributed by atoms with Crippen molar-refractivity contribution >= 4 is 22.5 Å². The quantitative estimate of drug-likeness (QED) is 0.631. The highest BCUT2D eigenvalue weighted by atomic mass is 16.5. The van der Waals surface area contributed by atoms with Crippen LogP contribution < -0.4 is 15.0 Å². The van der Waals surface area contributed by atoms with Crippen LogP contribution in [0.4, 0.5) is 5.69 Å². The number of ether oxygens (including phenoxy) is 1. The number of nitrogens with one attached hydrogen (secondary N) is 2. The number of nitrogens with zero attached hydrogens (tertiary/aromatic N) is 2. The zero-order chi connectivity index (χ0) is 20.4. The molecule has 4 rings (SSSR count). The predicted octanol–water partition coefficient (Wildman–Crippen LogP) is 4.38. The molecular weight excluding hydrogens is 364 g/mol. The smallest absolute Gasteiger partial charge is 0.167 e. The van der Waals surface area contributed by atoms with E-state index in [0.717, 1.165) is 42.9 Å². The van der Waals surface area contributed by atoms with Crippen molar-refractivity contribution in [3.8, 4) is 11.5 Å². The van der Waals surface area contributed by atoms with E-state index in [0.29, 0.717) is 23.5 Å². The van der Waals surface area contributed by atoms with Crippen LogP contribution in [0.3, 0.4) is 0 Å². The number of hydrogen-bond acceptors (Lipinski definition) is 5. The Labute approximate surface area is 171 Å². The summed E-state index contributed by atoms with van der Waals surface area (Å²) in [6.45, 7) is 10.00. The number of carbonyl (C=O) groups excluding carboxylic acids is 1. The van der Waals surface area contributed by atoms with E-state index in [1.54, 1.807) is 6.20 Å². The van der Waals surface area contributed by atoms with Gasteiger partial charge in [0.2, 0.25) is 0 Å². The van der Waals surface area contributed by atoms with Gasteiger partial charge in [-0.2, -0.15) is 0 Å². The molecule has 6 nitrogen and oxygen atoms in total. The SMILES string of the molecule is CC(C)(C)CC(=O)c1ccc(N2CCNCC2)cc1Oc1cnc2[nH]ccc2c1. The van der Waals surface area contributed by atoms with Crippen LogP contribution in [-0.2, 0) is 0 Å². The first-order valence-electron chi connectivity index (χ1n) is 10.1. The van der Waals surface area contributed by atoms with Crippen LogP contribution in [0.15, 0.2) is 42.7 Å². The molecule has 3 heterocycles. The Bertz CT molecular complexity index is 1010. The summed E-state index contributed by atoms with van der Waals surface area (Å²) >= 11 is 0. The summed E-state index contributed by atoms with van der Waals surface area (Å²) in [6, 6.07) is 9.82. The molecular formula is C23H28N4O2. The van der Waals surface area contributed by atoms with Crippen molar-refractivity contribution in [3.05, 3.63) is 48.3 Å². The highest BCUT2D eigenvalue weighted by Crippen LogP contribution is 2.33. The molecule has 1 aliphatic heterocycles. The van der Waals surface area contributed by atoms with E-state index < -0.39 is 0 Å². The number of benzene rings is 1. The largest absolute Gasteiger partial charge is 0.455 e. The van der Waals surface area contributed by atoms with Crippen molar-refractivity contribution in [3.63, 3.8) is 0 Å².